The zero-order valence-corrected chi connectivity index (χ0v) is 13.9. The van der Waals surface area contributed by atoms with Crippen LogP contribution < -0.4 is 11.1 Å². The Balaban J connectivity index is 1.90. The molecule has 8 heteroatoms. The molecule has 0 saturated heterocycles. The number of alkyl halides is 3. The molecule has 1 aromatic rings. The van der Waals surface area contributed by atoms with Crippen LogP contribution in [0.1, 0.15) is 48.5 Å². The third-order valence-electron chi connectivity index (χ3n) is 4.39. The first-order valence-electron chi connectivity index (χ1n) is 8.11. The van der Waals surface area contributed by atoms with Crippen molar-refractivity contribution >= 4 is 17.6 Å². The molecule has 2 rings (SSSR count). The van der Waals surface area contributed by atoms with Crippen LogP contribution in [0.4, 0.5) is 18.9 Å². The van der Waals surface area contributed by atoms with E-state index in [9.17, 15) is 22.8 Å². The standard InChI is InChI=1S/C17H21F3N2O3/c1-10-4-2-3-5-14(10)22-15(23)9-25-16(24)12-7-6-11(8-13(12)21)17(18,19)20/h6-8,10,14H,2-5,9,21H2,1H3,(H,22,23)/t10-,14-/m0/s1. The molecule has 0 heterocycles. The number of benzene rings is 1. The van der Waals surface area contributed by atoms with Gasteiger partial charge in [0.25, 0.3) is 5.91 Å². The number of carbonyl (C=O) groups excluding carboxylic acids is 2. The average molecular weight is 358 g/mol. The number of esters is 1. The Bertz CT molecular complexity index is 647. The van der Waals surface area contributed by atoms with Crippen LogP contribution in [-0.4, -0.2) is 24.5 Å². The summed E-state index contributed by atoms with van der Waals surface area (Å²) in [6, 6.07) is 2.41. The summed E-state index contributed by atoms with van der Waals surface area (Å²) >= 11 is 0. The molecule has 0 unspecified atom stereocenters. The molecule has 0 radical (unpaired) electrons. The van der Waals surface area contributed by atoms with Gasteiger partial charge < -0.3 is 15.8 Å². The van der Waals surface area contributed by atoms with Crippen molar-refractivity contribution in [1.82, 2.24) is 5.32 Å². The van der Waals surface area contributed by atoms with Gasteiger partial charge in [-0.15, -0.1) is 0 Å². The highest BCUT2D eigenvalue weighted by molar-refractivity contribution is 5.96. The highest BCUT2D eigenvalue weighted by Gasteiger charge is 2.31. The summed E-state index contributed by atoms with van der Waals surface area (Å²) in [5.74, 6) is -1.00. The monoisotopic (exact) mass is 358 g/mol. The third kappa shape index (κ3) is 5.11. The molecule has 0 aliphatic heterocycles. The fourth-order valence-electron chi connectivity index (χ4n) is 2.91. The molecule has 0 spiro atoms. The lowest BCUT2D eigenvalue weighted by atomic mass is 9.86. The second-order valence-electron chi connectivity index (χ2n) is 6.31. The number of hydrogen-bond donors (Lipinski definition) is 2. The van der Waals surface area contributed by atoms with Gasteiger partial charge in [-0.3, -0.25) is 4.79 Å². The number of carbonyl (C=O) groups is 2. The number of nitrogens with two attached hydrogens (primary N) is 1. The third-order valence-corrected chi connectivity index (χ3v) is 4.39. The largest absolute Gasteiger partial charge is 0.452 e. The Labute approximate surface area is 143 Å². The molecule has 1 fully saturated rings. The molecule has 5 nitrogen and oxygen atoms in total. The molecule has 1 aliphatic carbocycles. The first-order chi connectivity index (χ1) is 11.7. The maximum absolute atomic E-state index is 12.6. The molecule has 25 heavy (non-hydrogen) atoms. The van der Waals surface area contributed by atoms with Crippen molar-refractivity contribution in [3.63, 3.8) is 0 Å². The van der Waals surface area contributed by atoms with Crippen LogP contribution in [0.3, 0.4) is 0 Å². The van der Waals surface area contributed by atoms with Gasteiger partial charge in [-0.1, -0.05) is 19.8 Å². The number of hydrogen-bond acceptors (Lipinski definition) is 4. The molecule has 1 saturated carbocycles. The second kappa shape index (κ2) is 7.76. The predicted molar refractivity (Wildman–Crippen MR) is 85.7 cm³/mol. The van der Waals surface area contributed by atoms with E-state index in [1.807, 2.05) is 0 Å². The minimum absolute atomic E-state index is 0.0519. The first-order valence-corrected chi connectivity index (χ1v) is 8.11. The Morgan fingerprint density at radius 3 is 2.56 bits per heavy atom. The van der Waals surface area contributed by atoms with Crippen LogP contribution in [0.15, 0.2) is 18.2 Å². The van der Waals surface area contributed by atoms with Crippen molar-refractivity contribution in [3.05, 3.63) is 29.3 Å². The first kappa shape index (κ1) is 19.1. The fraction of sp³-hybridized carbons (Fsp3) is 0.529. The van der Waals surface area contributed by atoms with E-state index in [2.05, 4.69) is 12.2 Å². The molecule has 1 amide bonds. The van der Waals surface area contributed by atoms with Gasteiger partial charge in [-0.2, -0.15) is 13.2 Å². The van der Waals surface area contributed by atoms with E-state index >= 15 is 0 Å². The molecule has 0 aromatic heterocycles. The maximum Gasteiger partial charge on any atom is 0.416 e. The van der Waals surface area contributed by atoms with Crippen molar-refractivity contribution in [2.24, 2.45) is 5.92 Å². The lowest BCUT2D eigenvalue weighted by Gasteiger charge is -2.29. The highest BCUT2D eigenvalue weighted by atomic mass is 19.4. The normalized spacial score (nSPS) is 20.8. The van der Waals surface area contributed by atoms with Crippen molar-refractivity contribution in [1.29, 1.82) is 0 Å². The molecule has 1 aliphatic rings. The van der Waals surface area contributed by atoms with E-state index in [-0.39, 0.29) is 17.3 Å². The zero-order valence-electron chi connectivity index (χ0n) is 13.9. The van der Waals surface area contributed by atoms with Gasteiger partial charge in [0.15, 0.2) is 6.61 Å². The number of nitrogen functional groups attached to an aromatic ring is 1. The topological polar surface area (TPSA) is 81.4 Å². The van der Waals surface area contributed by atoms with E-state index in [1.165, 1.54) is 0 Å². The van der Waals surface area contributed by atoms with Crippen molar-refractivity contribution in [2.45, 2.75) is 44.8 Å². The van der Waals surface area contributed by atoms with Crippen LogP contribution in [-0.2, 0) is 15.7 Å². The van der Waals surface area contributed by atoms with Gasteiger partial charge in [0.05, 0.1) is 11.1 Å². The van der Waals surface area contributed by atoms with Crippen LogP contribution in [0.5, 0.6) is 0 Å². The van der Waals surface area contributed by atoms with E-state index in [4.69, 9.17) is 10.5 Å². The Morgan fingerprint density at radius 2 is 1.96 bits per heavy atom. The second-order valence-corrected chi connectivity index (χ2v) is 6.31. The summed E-state index contributed by atoms with van der Waals surface area (Å²) in [7, 11) is 0. The van der Waals surface area contributed by atoms with E-state index in [1.54, 1.807) is 0 Å². The van der Waals surface area contributed by atoms with Crippen molar-refractivity contribution in [3.8, 4) is 0 Å². The lowest BCUT2D eigenvalue weighted by Crippen LogP contribution is -2.42. The number of anilines is 1. The highest BCUT2D eigenvalue weighted by Crippen LogP contribution is 2.31. The summed E-state index contributed by atoms with van der Waals surface area (Å²) < 4.78 is 42.6. The summed E-state index contributed by atoms with van der Waals surface area (Å²) in [4.78, 5) is 23.8. The molecule has 1 aromatic carbocycles. The molecule has 2 atom stereocenters. The number of amides is 1. The Hall–Kier alpha value is -2.25. The van der Waals surface area contributed by atoms with Gasteiger partial charge in [0.2, 0.25) is 0 Å². The summed E-state index contributed by atoms with van der Waals surface area (Å²) in [5.41, 5.74) is 3.99. The van der Waals surface area contributed by atoms with Gasteiger partial charge in [0.1, 0.15) is 0 Å². The van der Waals surface area contributed by atoms with Crippen LogP contribution in [0, 0.1) is 5.92 Å². The fourth-order valence-corrected chi connectivity index (χ4v) is 2.91. The lowest BCUT2D eigenvalue weighted by molar-refractivity contribution is -0.137. The Morgan fingerprint density at radius 1 is 1.28 bits per heavy atom. The number of halogens is 3. The molecule has 0 bridgehead atoms. The minimum Gasteiger partial charge on any atom is -0.452 e. The maximum atomic E-state index is 12.6. The zero-order chi connectivity index (χ0) is 18.6. The molecule has 3 N–H and O–H groups in total. The molecular weight excluding hydrogens is 337 g/mol. The van der Waals surface area contributed by atoms with E-state index in [0.29, 0.717) is 12.0 Å². The molecular formula is C17H21F3N2O3. The Kier molecular flexibility index (Phi) is 5.92. The number of nitrogens with one attached hydrogen (secondary N) is 1. The van der Waals surface area contributed by atoms with E-state index in [0.717, 1.165) is 37.8 Å². The van der Waals surface area contributed by atoms with Crippen LogP contribution >= 0.6 is 0 Å². The minimum atomic E-state index is -4.55. The van der Waals surface area contributed by atoms with Gasteiger partial charge in [0, 0.05) is 11.7 Å². The summed E-state index contributed by atoms with van der Waals surface area (Å²) in [6.45, 7) is 1.56. The van der Waals surface area contributed by atoms with Gasteiger partial charge in [-0.25, -0.2) is 4.79 Å². The van der Waals surface area contributed by atoms with E-state index < -0.39 is 30.2 Å². The summed E-state index contributed by atoms with van der Waals surface area (Å²) in [5, 5.41) is 2.82. The van der Waals surface area contributed by atoms with Crippen LogP contribution in [0.25, 0.3) is 0 Å². The predicted octanol–water partition coefficient (Wildman–Crippen LogP) is 3.14. The smallest absolute Gasteiger partial charge is 0.416 e. The SMILES string of the molecule is C[C@H]1CCCC[C@@H]1NC(=O)COC(=O)c1ccc(C(F)(F)F)cc1N. The quantitative estimate of drug-likeness (QED) is 0.640. The summed E-state index contributed by atoms with van der Waals surface area (Å²) in [6.07, 6.45) is -0.459. The average Bonchev–Trinajstić information content (AvgIpc) is 2.54. The van der Waals surface area contributed by atoms with Gasteiger partial charge in [-0.05, 0) is 37.0 Å². The van der Waals surface area contributed by atoms with Crippen molar-refractivity contribution in [2.75, 3.05) is 12.3 Å². The number of ether oxygens (including phenoxy) is 1. The van der Waals surface area contributed by atoms with Gasteiger partial charge >= 0.3 is 12.1 Å². The van der Waals surface area contributed by atoms with Crippen LogP contribution in [0.2, 0.25) is 0 Å². The number of rotatable bonds is 4. The molecule has 138 valence electrons. The van der Waals surface area contributed by atoms with Crippen molar-refractivity contribution < 1.29 is 27.5 Å².